The van der Waals surface area contributed by atoms with Gasteiger partial charge in [-0.1, -0.05) is 0 Å². The average Bonchev–Trinajstić information content (AvgIpc) is 2.66. The standard InChI is InChI=1S/C13H20N4O/c1-13(2,8-14-3)17(4)9-5-6-10-11(7-9)16-12(18)15-10/h5-7,14H,8H2,1-4H3,(H2,15,16,18). The number of H-pyrrole nitrogens is 2. The lowest BCUT2D eigenvalue weighted by atomic mass is 10.0. The van der Waals surface area contributed by atoms with E-state index in [4.69, 9.17) is 0 Å². The van der Waals surface area contributed by atoms with Crippen molar-refractivity contribution in [1.82, 2.24) is 15.3 Å². The van der Waals surface area contributed by atoms with Crippen molar-refractivity contribution < 1.29 is 0 Å². The lowest BCUT2D eigenvalue weighted by molar-refractivity contribution is 0.463. The van der Waals surface area contributed by atoms with Gasteiger partial charge in [0.15, 0.2) is 0 Å². The molecule has 0 fully saturated rings. The van der Waals surface area contributed by atoms with E-state index in [-0.39, 0.29) is 11.2 Å². The summed E-state index contributed by atoms with van der Waals surface area (Å²) < 4.78 is 0. The summed E-state index contributed by atoms with van der Waals surface area (Å²) >= 11 is 0. The van der Waals surface area contributed by atoms with Gasteiger partial charge in [0.05, 0.1) is 11.0 Å². The van der Waals surface area contributed by atoms with Gasteiger partial charge in [0.1, 0.15) is 0 Å². The van der Waals surface area contributed by atoms with Crippen molar-refractivity contribution in [2.75, 3.05) is 25.5 Å². The van der Waals surface area contributed by atoms with E-state index in [0.29, 0.717) is 0 Å². The molecule has 3 N–H and O–H groups in total. The molecular formula is C13H20N4O. The number of nitrogens with zero attached hydrogens (tertiary/aromatic N) is 1. The second kappa shape index (κ2) is 4.49. The summed E-state index contributed by atoms with van der Waals surface area (Å²) in [6.07, 6.45) is 0. The number of likely N-dealkylation sites (N-methyl/N-ethyl adjacent to an activating group) is 2. The molecule has 0 amide bonds. The molecule has 0 radical (unpaired) electrons. The topological polar surface area (TPSA) is 63.9 Å². The molecule has 0 aliphatic carbocycles. The minimum Gasteiger partial charge on any atom is -0.368 e. The van der Waals surface area contributed by atoms with Crippen LogP contribution < -0.4 is 15.9 Å². The summed E-state index contributed by atoms with van der Waals surface area (Å²) in [5, 5.41) is 3.19. The molecule has 5 nitrogen and oxygen atoms in total. The molecule has 0 aliphatic rings. The zero-order valence-corrected chi connectivity index (χ0v) is 11.3. The van der Waals surface area contributed by atoms with E-state index < -0.39 is 0 Å². The minimum absolute atomic E-state index is 0.000964. The monoisotopic (exact) mass is 248 g/mol. The average molecular weight is 248 g/mol. The van der Waals surface area contributed by atoms with Crippen LogP contribution in [-0.2, 0) is 0 Å². The Kier molecular flexibility index (Phi) is 3.17. The van der Waals surface area contributed by atoms with Gasteiger partial charge in [-0.3, -0.25) is 0 Å². The molecule has 0 unspecified atom stereocenters. The first-order valence-electron chi connectivity index (χ1n) is 6.04. The fraction of sp³-hybridized carbons (Fsp3) is 0.462. The molecule has 1 aromatic heterocycles. The van der Waals surface area contributed by atoms with Crippen molar-refractivity contribution in [3.8, 4) is 0 Å². The molecule has 98 valence electrons. The molecule has 2 aromatic rings. The predicted octanol–water partition coefficient (Wildman–Crippen LogP) is 1.29. The van der Waals surface area contributed by atoms with Crippen LogP contribution in [0.15, 0.2) is 23.0 Å². The van der Waals surface area contributed by atoms with Gasteiger partial charge in [-0.15, -0.1) is 0 Å². The molecule has 1 aromatic carbocycles. The van der Waals surface area contributed by atoms with Crippen LogP contribution in [0.4, 0.5) is 5.69 Å². The molecule has 0 saturated carbocycles. The number of rotatable bonds is 4. The van der Waals surface area contributed by atoms with Crippen molar-refractivity contribution >= 4 is 16.7 Å². The lowest BCUT2D eigenvalue weighted by Crippen LogP contribution is -2.48. The zero-order valence-electron chi connectivity index (χ0n) is 11.3. The smallest absolute Gasteiger partial charge is 0.323 e. The number of aromatic nitrogens is 2. The van der Waals surface area contributed by atoms with Gasteiger partial charge in [-0.2, -0.15) is 0 Å². The van der Waals surface area contributed by atoms with Crippen molar-refractivity contribution in [3.63, 3.8) is 0 Å². The van der Waals surface area contributed by atoms with E-state index in [1.807, 2.05) is 25.2 Å². The summed E-state index contributed by atoms with van der Waals surface area (Å²) in [6, 6.07) is 5.93. The predicted molar refractivity (Wildman–Crippen MR) is 75.3 cm³/mol. The molecule has 1 heterocycles. The number of anilines is 1. The molecule has 0 aliphatic heterocycles. The quantitative estimate of drug-likeness (QED) is 0.764. The van der Waals surface area contributed by atoms with Crippen LogP contribution >= 0.6 is 0 Å². The zero-order chi connectivity index (χ0) is 13.3. The maximum Gasteiger partial charge on any atom is 0.323 e. The first kappa shape index (κ1) is 12.7. The Labute approximate surface area is 106 Å². The second-order valence-corrected chi connectivity index (χ2v) is 5.21. The van der Waals surface area contributed by atoms with E-state index >= 15 is 0 Å². The van der Waals surface area contributed by atoms with E-state index in [0.717, 1.165) is 23.3 Å². The summed E-state index contributed by atoms with van der Waals surface area (Å²) in [4.78, 5) is 19.0. The van der Waals surface area contributed by atoms with E-state index in [2.05, 4.69) is 41.1 Å². The van der Waals surface area contributed by atoms with Crippen LogP contribution in [0.2, 0.25) is 0 Å². The molecule has 5 heteroatoms. The molecule has 18 heavy (non-hydrogen) atoms. The van der Waals surface area contributed by atoms with Gasteiger partial charge >= 0.3 is 5.69 Å². The molecule has 0 bridgehead atoms. The fourth-order valence-corrected chi connectivity index (χ4v) is 2.13. The highest BCUT2D eigenvalue weighted by atomic mass is 16.1. The summed E-state index contributed by atoms with van der Waals surface area (Å²) in [5.74, 6) is 0. The van der Waals surface area contributed by atoms with Crippen LogP contribution in [-0.4, -0.2) is 36.1 Å². The van der Waals surface area contributed by atoms with Gasteiger partial charge < -0.3 is 20.2 Å². The van der Waals surface area contributed by atoms with Crippen LogP contribution in [0.5, 0.6) is 0 Å². The van der Waals surface area contributed by atoms with Gasteiger partial charge in [-0.25, -0.2) is 4.79 Å². The Morgan fingerprint density at radius 1 is 1.28 bits per heavy atom. The van der Waals surface area contributed by atoms with Crippen molar-refractivity contribution in [1.29, 1.82) is 0 Å². The summed E-state index contributed by atoms with van der Waals surface area (Å²) in [6.45, 7) is 5.23. The van der Waals surface area contributed by atoms with E-state index in [1.54, 1.807) is 0 Å². The van der Waals surface area contributed by atoms with Crippen molar-refractivity contribution in [2.45, 2.75) is 19.4 Å². The molecular weight excluding hydrogens is 228 g/mol. The molecule has 0 spiro atoms. The minimum atomic E-state index is -0.167. The molecule has 0 saturated heterocycles. The van der Waals surface area contributed by atoms with E-state index in [9.17, 15) is 4.79 Å². The highest BCUT2D eigenvalue weighted by Crippen LogP contribution is 2.24. The van der Waals surface area contributed by atoms with Crippen molar-refractivity contribution in [3.05, 3.63) is 28.7 Å². The Hall–Kier alpha value is -1.75. The third-order valence-corrected chi connectivity index (χ3v) is 3.40. The Morgan fingerprint density at radius 2 is 1.94 bits per heavy atom. The maximum absolute atomic E-state index is 11.2. The van der Waals surface area contributed by atoms with Crippen LogP contribution in [0.3, 0.4) is 0 Å². The number of aromatic amines is 2. The number of hydrogen-bond acceptors (Lipinski definition) is 3. The van der Waals surface area contributed by atoms with E-state index in [1.165, 1.54) is 0 Å². The summed E-state index contributed by atoms with van der Waals surface area (Å²) in [7, 11) is 4.01. The number of imidazole rings is 1. The molecule has 0 atom stereocenters. The van der Waals surface area contributed by atoms with Gasteiger partial charge in [0, 0.05) is 24.8 Å². The van der Waals surface area contributed by atoms with Gasteiger partial charge in [-0.05, 0) is 39.1 Å². The third kappa shape index (κ3) is 2.26. The number of benzene rings is 1. The fourth-order valence-electron chi connectivity index (χ4n) is 2.13. The largest absolute Gasteiger partial charge is 0.368 e. The van der Waals surface area contributed by atoms with Crippen LogP contribution in [0, 0.1) is 0 Å². The lowest BCUT2D eigenvalue weighted by Gasteiger charge is -2.37. The normalized spacial score (nSPS) is 12.0. The highest BCUT2D eigenvalue weighted by molar-refractivity contribution is 5.79. The highest BCUT2D eigenvalue weighted by Gasteiger charge is 2.23. The van der Waals surface area contributed by atoms with Crippen molar-refractivity contribution in [2.24, 2.45) is 0 Å². The van der Waals surface area contributed by atoms with Gasteiger partial charge in [0.2, 0.25) is 0 Å². The Balaban J connectivity index is 2.38. The maximum atomic E-state index is 11.2. The van der Waals surface area contributed by atoms with Gasteiger partial charge in [0.25, 0.3) is 0 Å². The number of nitrogens with one attached hydrogen (secondary N) is 3. The third-order valence-electron chi connectivity index (χ3n) is 3.40. The first-order chi connectivity index (χ1) is 8.44. The summed E-state index contributed by atoms with van der Waals surface area (Å²) in [5.41, 5.74) is 2.59. The Morgan fingerprint density at radius 3 is 2.61 bits per heavy atom. The molecule has 2 rings (SSSR count). The SMILES string of the molecule is CNCC(C)(C)N(C)c1ccc2[nH]c(=O)[nH]c2c1. The first-order valence-corrected chi connectivity index (χ1v) is 6.04. The number of fused-ring (bicyclic) bond motifs is 1. The second-order valence-electron chi connectivity index (χ2n) is 5.21. The number of hydrogen-bond donors (Lipinski definition) is 3. The van der Waals surface area contributed by atoms with Crippen LogP contribution in [0.25, 0.3) is 11.0 Å². The van der Waals surface area contributed by atoms with Crippen LogP contribution in [0.1, 0.15) is 13.8 Å². The Bertz CT molecular complexity index is 596.